The van der Waals surface area contributed by atoms with Gasteiger partial charge in [-0.2, -0.15) is 0 Å². The van der Waals surface area contributed by atoms with Crippen LogP contribution in [0.3, 0.4) is 0 Å². The summed E-state index contributed by atoms with van der Waals surface area (Å²) in [7, 11) is 0. The van der Waals surface area contributed by atoms with E-state index in [4.69, 9.17) is 0 Å². The van der Waals surface area contributed by atoms with Crippen molar-refractivity contribution < 1.29 is 0 Å². The van der Waals surface area contributed by atoms with Crippen molar-refractivity contribution in [2.24, 2.45) is 0 Å². The van der Waals surface area contributed by atoms with Crippen LogP contribution >= 0.6 is 0 Å². The normalized spacial score (nSPS) is 18.2. The standard InChI is InChI=1S/C17H27N3/c1-4-16-7-8-17(18-14-16)6-5-9-19-10-12-20(13-11-19)15(2)3/h5-8,14-15H,4,9-13H2,1-3H3/b6-5+. The van der Waals surface area contributed by atoms with Gasteiger partial charge in [0.05, 0.1) is 5.69 Å². The number of nitrogens with zero attached hydrogens (tertiary/aromatic N) is 3. The highest BCUT2D eigenvalue weighted by Crippen LogP contribution is 2.07. The van der Waals surface area contributed by atoms with Crippen LogP contribution in [0.15, 0.2) is 24.4 Å². The number of piperazine rings is 1. The van der Waals surface area contributed by atoms with Crippen LogP contribution in [0.4, 0.5) is 0 Å². The molecule has 0 N–H and O–H groups in total. The molecule has 0 bridgehead atoms. The highest BCUT2D eigenvalue weighted by Gasteiger charge is 2.17. The smallest absolute Gasteiger partial charge is 0.0627 e. The molecule has 2 rings (SSSR count). The van der Waals surface area contributed by atoms with E-state index in [1.165, 1.54) is 31.7 Å². The molecule has 0 amide bonds. The third-order valence-electron chi connectivity index (χ3n) is 4.05. The number of rotatable bonds is 5. The van der Waals surface area contributed by atoms with Crippen molar-refractivity contribution in [1.29, 1.82) is 0 Å². The molecule has 1 aliphatic rings. The van der Waals surface area contributed by atoms with E-state index in [-0.39, 0.29) is 0 Å². The molecule has 1 saturated heterocycles. The number of pyridine rings is 1. The lowest BCUT2D eigenvalue weighted by atomic mass is 10.2. The van der Waals surface area contributed by atoms with E-state index >= 15 is 0 Å². The molecule has 0 aromatic carbocycles. The van der Waals surface area contributed by atoms with Gasteiger partial charge in [-0.15, -0.1) is 0 Å². The monoisotopic (exact) mass is 273 g/mol. The van der Waals surface area contributed by atoms with E-state index < -0.39 is 0 Å². The summed E-state index contributed by atoms with van der Waals surface area (Å²) in [6.45, 7) is 12.5. The predicted octanol–water partition coefficient (Wildman–Crippen LogP) is 2.68. The number of hydrogen-bond donors (Lipinski definition) is 0. The van der Waals surface area contributed by atoms with E-state index in [0.717, 1.165) is 18.7 Å². The minimum atomic E-state index is 0.675. The molecule has 1 aliphatic heterocycles. The van der Waals surface area contributed by atoms with Gasteiger partial charge in [0.15, 0.2) is 0 Å². The van der Waals surface area contributed by atoms with Crippen LogP contribution in [0.2, 0.25) is 0 Å². The van der Waals surface area contributed by atoms with Crippen LogP contribution < -0.4 is 0 Å². The second-order valence-electron chi connectivity index (χ2n) is 5.78. The quantitative estimate of drug-likeness (QED) is 0.822. The van der Waals surface area contributed by atoms with Crippen molar-refractivity contribution in [3.63, 3.8) is 0 Å². The summed E-state index contributed by atoms with van der Waals surface area (Å²) in [4.78, 5) is 9.51. The number of aromatic nitrogens is 1. The molecule has 0 atom stereocenters. The highest BCUT2D eigenvalue weighted by molar-refractivity contribution is 5.44. The number of hydrogen-bond acceptors (Lipinski definition) is 3. The molecular weight excluding hydrogens is 246 g/mol. The van der Waals surface area contributed by atoms with Crippen molar-refractivity contribution in [3.8, 4) is 0 Å². The Balaban J connectivity index is 1.76. The summed E-state index contributed by atoms with van der Waals surface area (Å²) in [6.07, 6.45) is 7.39. The second kappa shape index (κ2) is 7.55. The van der Waals surface area contributed by atoms with E-state index in [9.17, 15) is 0 Å². The first kappa shape index (κ1) is 15.2. The largest absolute Gasteiger partial charge is 0.298 e. The van der Waals surface area contributed by atoms with Crippen molar-refractivity contribution in [2.75, 3.05) is 32.7 Å². The molecule has 1 aromatic heterocycles. The summed E-state index contributed by atoms with van der Waals surface area (Å²) in [6, 6.07) is 4.94. The lowest BCUT2D eigenvalue weighted by molar-refractivity contribution is 0.117. The van der Waals surface area contributed by atoms with E-state index in [1.807, 2.05) is 6.20 Å². The Morgan fingerprint density at radius 1 is 1.20 bits per heavy atom. The zero-order chi connectivity index (χ0) is 14.4. The van der Waals surface area contributed by atoms with Gasteiger partial charge in [0, 0.05) is 45.0 Å². The zero-order valence-corrected chi connectivity index (χ0v) is 13.0. The fourth-order valence-electron chi connectivity index (χ4n) is 2.53. The molecule has 0 saturated carbocycles. The molecule has 0 unspecified atom stereocenters. The Bertz CT molecular complexity index is 414. The maximum Gasteiger partial charge on any atom is 0.0627 e. The summed E-state index contributed by atoms with van der Waals surface area (Å²) in [5.41, 5.74) is 2.36. The Labute approximate surface area is 123 Å². The summed E-state index contributed by atoms with van der Waals surface area (Å²) in [5.74, 6) is 0. The molecule has 110 valence electrons. The maximum absolute atomic E-state index is 4.45. The van der Waals surface area contributed by atoms with Gasteiger partial charge in [0.2, 0.25) is 0 Å². The fraction of sp³-hybridized carbons (Fsp3) is 0.588. The minimum Gasteiger partial charge on any atom is -0.298 e. The molecular formula is C17H27N3. The fourth-order valence-corrected chi connectivity index (χ4v) is 2.53. The highest BCUT2D eigenvalue weighted by atomic mass is 15.3. The van der Waals surface area contributed by atoms with Crippen molar-refractivity contribution in [2.45, 2.75) is 33.2 Å². The number of aryl methyl sites for hydroxylation is 1. The van der Waals surface area contributed by atoms with Crippen LogP contribution in [0, 0.1) is 0 Å². The summed E-state index contributed by atoms with van der Waals surface area (Å²) >= 11 is 0. The summed E-state index contributed by atoms with van der Waals surface area (Å²) < 4.78 is 0. The molecule has 0 aliphatic carbocycles. The molecule has 1 aromatic rings. The van der Waals surface area contributed by atoms with Crippen LogP contribution in [-0.2, 0) is 6.42 Å². The van der Waals surface area contributed by atoms with Crippen molar-refractivity contribution in [1.82, 2.24) is 14.8 Å². The molecule has 2 heterocycles. The first-order valence-corrected chi connectivity index (χ1v) is 7.77. The zero-order valence-electron chi connectivity index (χ0n) is 13.0. The molecule has 3 nitrogen and oxygen atoms in total. The van der Waals surface area contributed by atoms with Gasteiger partial charge in [-0.25, -0.2) is 0 Å². The Kier molecular flexibility index (Phi) is 5.74. The van der Waals surface area contributed by atoms with Gasteiger partial charge in [0.1, 0.15) is 0 Å². The van der Waals surface area contributed by atoms with E-state index in [2.05, 4.69) is 59.8 Å². The van der Waals surface area contributed by atoms with Gasteiger partial charge in [-0.3, -0.25) is 14.8 Å². The van der Waals surface area contributed by atoms with Crippen LogP contribution in [0.1, 0.15) is 32.0 Å². The molecule has 0 radical (unpaired) electrons. The first-order chi connectivity index (χ1) is 9.69. The van der Waals surface area contributed by atoms with Crippen LogP contribution in [0.5, 0.6) is 0 Å². The van der Waals surface area contributed by atoms with Gasteiger partial charge in [-0.1, -0.05) is 19.1 Å². The topological polar surface area (TPSA) is 19.4 Å². The third-order valence-corrected chi connectivity index (χ3v) is 4.05. The second-order valence-corrected chi connectivity index (χ2v) is 5.78. The Morgan fingerprint density at radius 3 is 2.50 bits per heavy atom. The maximum atomic E-state index is 4.45. The Morgan fingerprint density at radius 2 is 1.95 bits per heavy atom. The molecule has 3 heteroatoms. The summed E-state index contributed by atoms with van der Waals surface area (Å²) in [5, 5.41) is 0. The van der Waals surface area contributed by atoms with Crippen LogP contribution in [-0.4, -0.2) is 53.5 Å². The lowest BCUT2D eigenvalue weighted by Crippen LogP contribution is -2.48. The predicted molar refractivity (Wildman–Crippen MR) is 85.8 cm³/mol. The van der Waals surface area contributed by atoms with Crippen LogP contribution in [0.25, 0.3) is 6.08 Å². The molecule has 20 heavy (non-hydrogen) atoms. The van der Waals surface area contributed by atoms with Crippen molar-refractivity contribution in [3.05, 3.63) is 35.7 Å². The van der Waals surface area contributed by atoms with Gasteiger partial charge < -0.3 is 0 Å². The van der Waals surface area contributed by atoms with Crippen molar-refractivity contribution >= 4 is 6.08 Å². The van der Waals surface area contributed by atoms with E-state index in [0.29, 0.717) is 6.04 Å². The average Bonchev–Trinajstić information content (AvgIpc) is 2.48. The van der Waals surface area contributed by atoms with E-state index in [1.54, 1.807) is 0 Å². The van der Waals surface area contributed by atoms with Gasteiger partial charge in [-0.05, 0) is 38.0 Å². The lowest BCUT2D eigenvalue weighted by Gasteiger charge is -2.36. The minimum absolute atomic E-state index is 0.675. The SMILES string of the molecule is CCc1ccc(/C=C/CN2CCN(C(C)C)CC2)nc1. The van der Waals surface area contributed by atoms with Gasteiger partial charge in [0.25, 0.3) is 0 Å². The third kappa shape index (κ3) is 4.43. The molecule has 1 fully saturated rings. The molecule has 0 spiro atoms. The van der Waals surface area contributed by atoms with Gasteiger partial charge >= 0.3 is 0 Å². The Hall–Kier alpha value is -1.19. The average molecular weight is 273 g/mol. The first-order valence-electron chi connectivity index (χ1n) is 7.77.